The van der Waals surface area contributed by atoms with E-state index in [2.05, 4.69) is 10.6 Å². The van der Waals surface area contributed by atoms with Crippen molar-refractivity contribution in [3.05, 3.63) is 62.7 Å². The number of nitro benzene ring substituents is 1. The van der Waals surface area contributed by atoms with Gasteiger partial charge in [0.1, 0.15) is 0 Å². The van der Waals surface area contributed by atoms with Gasteiger partial charge in [0.15, 0.2) is 0 Å². The second-order valence-electron chi connectivity index (χ2n) is 4.96. The smallest absolute Gasteiger partial charge is 0.307 e. The molecule has 0 spiro atoms. The fourth-order valence-electron chi connectivity index (χ4n) is 2.19. The highest BCUT2D eigenvalue weighted by atomic mass is 35.5. The highest BCUT2D eigenvalue weighted by Crippen LogP contribution is 2.27. The summed E-state index contributed by atoms with van der Waals surface area (Å²) < 4.78 is 0. The molecular formula is C16H16ClN3O3. The van der Waals surface area contributed by atoms with Gasteiger partial charge in [-0.3, -0.25) is 10.1 Å². The van der Waals surface area contributed by atoms with Crippen LogP contribution < -0.4 is 10.6 Å². The van der Waals surface area contributed by atoms with E-state index >= 15 is 0 Å². The number of carbonyl (C=O) groups excluding carboxylic acids is 1. The van der Waals surface area contributed by atoms with Crippen LogP contribution in [-0.2, 0) is 6.42 Å². The topological polar surface area (TPSA) is 84.3 Å². The maximum Gasteiger partial charge on any atom is 0.323 e. The molecular weight excluding hydrogens is 318 g/mol. The maximum atomic E-state index is 12.2. The Kier molecular flexibility index (Phi) is 5.18. The molecule has 0 atom stereocenters. The summed E-state index contributed by atoms with van der Waals surface area (Å²) in [5.41, 5.74) is 2.91. The molecule has 0 aliphatic heterocycles. The molecule has 2 N–H and O–H groups in total. The SMILES string of the molecule is CCc1cccc(C)c1NC(=O)Nc1ccc([N+](=O)[O-])cc1Cl. The van der Waals surface area contributed by atoms with Gasteiger partial charge in [-0.15, -0.1) is 0 Å². The molecule has 7 heteroatoms. The summed E-state index contributed by atoms with van der Waals surface area (Å²) in [5, 5.41) is 16.2. The van der Waals surface area contributed by atoms with Crippen molar-refractivity contribution >= 4 is 34.7 Å². The number of benzene rings is 2. The van der Waals surface area contributed by atoms with Crippen molar-refractivity contribution in [3.63, 3.8) is 0 Å². The summed E-state index contributed by atoms with van der Waals surface area (Å²) >= 11 is 5.96. The first-order valence-corrected chi connectivity index (χ1v) is 7.40. The molecule has 0 unspecified atom stereocenters. The van der Waals surface area contributed by atoms with Crippen molar-refractivity contribution in [1.29, 1.82) is 0 Å². The summed E-state index contributed by atoms with van der Waals surface area (Å²) in [7, 11) is 0. The Bertz CT molecular complexity index is 762. The summed E-state index contributed by atoms with van der Waals surface area (Å²) in [6.07, 6.45) is 0.787. The number of rotatable bonds is 4. The molecule has 0 bridgehead atoms. The van der Waals surface area contributed by atoms with Gasteiger partial charge in [0.25, 0.3) is 5.69 Å². The Morgan fingerprint density at radius 2 is 2.00 bits per heavy atom. The van der Waals surface area contributed by atoms with Crippen LogP contribution in [0.3, 0.4) is 0 Å². The van der Waals surface area contributed by atoms with Crippen molar-refractivity contribution < 1.29 is 9.72 Å². The predicted octanol–water partition coefficient (Wildman–Crippen LogP) is 4.76. The van der Waals surface area contributed by atoms with Crippen LogP contribution in [-0.4, -0.2) is 11.0 Å². The van der Waals surface area contributed by atoms with E-state index in [1.54, 1.807) is 0 Å². The zero-order valence-corrected chi connectivity index (χ0v) is 13.5. The number of nitrogens with zero attached hydrogens (tertiary/aromatic N) is 1. The number of amides is 2. The van der Waals surface area contributed by atoms with E-state index in [1.807, 2.05) is 32.0 Å². The van der Waals surface area contributed by atoms with Crippen LogP contribution in [0.4, 0.5) is 21.9 Å². The summed E-state index contributed by atoms with van der Waals surface area (Å²) in [6.45, 7) is 3.92. The number of nitro groups is 1. The van der Waals surface area contributed by atoms with Gasteiger partial charge in [0.2, 0.25) is 0 Å². The van der Waals surface area contributed by atoms with Gasteiger partial charge in [-0.05, 0) is 30.5 Å². The maximum absolute atomic E-state index is 12.2. The van der Waals surface area contributed by atoms with Crippen molar-refractivity contribution in [1.82, 2.24) is 0 Å². The largest absolute Gasteiger partial charge is 0.323 e. The summed E-state index contributed by atoms with van der Waals surface area (Å²) in [6, 6.07) is 9.22. The minimum Gasteiger partial charge on any atom is -0.307 e. The summed E-state index contributed by atoms with van der Waals surface area (Å²) in [5.74, 6) is 0. The molecule has 120 valence electrons. The Balaban J connectivity index is 2.16. The normalized spacial score (nSPS) is 10.2. The molecule has 0 saturated heterocycles. The average molecular weight is 334 g/mol. The van der Waals surface area contributed by atoms with E-state index < -0.39 is 11.0 Å². The Morgan fingerprint density at radius 3 is 2.61 bits per heavy atom. The third-order valence-electron chi connectivity index (χ3n) is 3.39. The standard InChI is InChI=1S/C16H16ClN3O3/c1-3-11-6-4-5-10(2)15(11)19-16(21)18-14-8-7-12(20(22)23)9-13(14)17/h4-9H,3H2,1-2H3,(H2,18,19,21). The molecule has 0 heterocycles. The highest BCUT2D eigenvalue weighted by molar-refractivity contribution is 6.34. The number of urea groups is 1. The molecule has 0 saturated carbocycles. The number of aryl methyl sites for hydroxylation is 2. The molecule has 0 radical (unpaired) electrons. The van der Waals surface area contributed by atoms with Crippen LogP contribution in [0.2, 0.25) is 5.02 Å². The van der Waals surface area contributed by atoms with E-state index in [0.29, 0.717) is 5.69 Å². The van der Waals surface area contributed by atoms with Gasteiger partial charge in [-0.2, -0.15) is 0 Å². The van der Waals surface area contributed by atoms with Gasteiger partial charge in [-0.1, -0.05) is 36.7 Å². The average Bonchev–Trinajstić information content (AvgIpc) is 2.51. The van der Waals surface area contributed by atoms with E-state index in [4.69, 9.17) is 11.6 Å². The number of nitrogens with one attached hydrogen (secondary N) is 2. The lowest BCUT2D eigenvalue weighted by Gasteiger charge is -2.14. The Morgan fingerprint density at radius 1 is 1.26 bits per heavy atom. The fraction of sp³-hybridized carbons (Fsp3) is 0.188. The molecule has 6 nitrogen and oxygen atoms in total. The monoisotopic (exact) mass is 333 g/mol. The van der Waals surface area contributed by atoms with Crippen LogP contribution in [0.25, 0.3) is 0 Å². The number of hydrogen-bond acceptors (Lipinski definition) is 3. The van der Waals surface area contributed by atoms with Gasteiger partial charge >= 0.3 is 6.03 Å². The molecule has 2 aromatic rings. The number of anilines is 2. The van der Waals surface area contributed by atoms with Gasteiger partial charge in [0, 0.05) is 17.8 Å². The number of para-hydroxylation sites is 1. The minimum atomic E-state index is -0.545. The van der Waals surface area contributed by atoms with Crippen LogP contribution in [0.1, 0.15) is 18.1 Å². The Labute approximate surface area is 138 Å². The molecule has 23 heavy (non-hydrogen) atoms. The van der Waals surface area contributed by atoms with Crippen LogP contribution in [0.5, 0.6) is 0 Å². The minimum absolute atomic E-state index is 0.106. The summed E-state index contributed by atoms with van der Waals surface area (Å²) in [4.78, 5) is 22.3. The molecule has 0 aromatic heterocycles. The highest BCUT2D eigenvalue weighted by Gasteiger charge is 2.13. The third kappa shape index (κ3) is 3.98. The molecule has 2 rings (SSSR count). The Hall–Kier alpha value is -2.60. The number of non-ortho nitro benzene ring substituents is 1. The van der Waals surface area contributed by atoms with Gasteiger partial charge in [0.05, 0.1) is 15.6 Å². The lowest BCUT2D eigenvalue weighted by atomic mass is 10.1. The third-order valence-corrected chi connectivity index (χ3v) is 3.70. The molecule has 0 aliphatic rings. The predicted molar refractivity (Wildman–Crippen MR) is 91.3 cm³/mol. The second-order valence-corrected chi connectivity index (χ2v) is 5.37. The van der Waals surface area contributed by atoms with Crippen molar-refractivity contribution in [2.75, 3.05) is 10.6 Å². The molecule has 2 aromatic carbocycles. The number of halogens is 1. The quantitative estimate of drug-likeness (QED) is 0.624. The molecule has 0 aliphatic carbocycles. The lowest BCUT2D eigenvalue weighted by molar-refractivity contribution is -0.384. The van der Waals surface area contributed by atoms with Crippen molar-refractivity contribution in [3.8, 4) is 0 Å². The van der Waals surface area contributed by atoms with Crippen LogP contribution >= 0.6 is 11.6 Å². The first-order chi connectivity index (χ1) is 10.9. The first-order valence-electron chi connectivity index (χ1n) is 7.02. The van der Waals surface area contributed by atoms with Crippen LogP contribution in [0, 0.1) is 17.0 Å². The first kappa shape index (κ1) is 16.8. The van der Waals surface area contributed by atoms with Crippen LogP contribution in [0.15, 0.2) is 36.4 Å². The van der Waals surface area contributed by atoms with E-state index in [9.17, 15) is 14.9 Å². The fourth-order valence-corrected chi connectivity index (χ4v) is 2.41. The van der Waals surface area contributed by atoms with E-state index in [-0.39, 0.29) is 10.7 Å². The van der Waals surface area contributed by atoms with E-state index in [1.165, 1.54) is 18.2 Å². The number of hydrogen-bond donors (Lipinski definition) is 2. The molecule has 2 amide bonds. The zero-order valence-electron chi connectivity index (χ0n) is 12.7. The van der Waals surface area contributed by atoms with Crippen molar-refractivity contribution in [2.45, 2.75) is 20.3 Å². The number of carbonyl (C=O) groups is 1. The second kappa shape index (κ2) is 7.11. The van der Waals surface area contributed by atoms with Crippen molar-refractivity contribution in [2.24, 2.45) is 0 Å². The van der Waals surface area contributed by atoms with E-state index in [0.717, 1.165) is 23.2 Å². The van der Waals surface area contributed by atoms with Gasteiger partial charge in [-0.25, -0.2) is 4.79 Å². The van der Waals surface area contributed by atoms with Gasteiger partial charge < -0.3 is 10.6 Å². The zero-order chi connectivity index (χ0) is 17.0. The lowest BCUT2D eigenvalue weighted by Crippen LogP contribution is -2.21. The molecule has 0 fully saturated rings.